The molecule has 1 aliphatic carbocycles. The van der Waals surface area contributed by atoms with Crippen LogP contribution in [0.25, 0.3) is 0 Å². The van der Waals surface area contributed by atoms with E-state index >= 15 is 0 Å². The average Bonchev–Trinajstić information content (AvgIpc) is 3.06. The molecule has 0 radical (unpaired) electrons. The molecule has 1 saturated carbocycles. The average molecular weight is 609 g/mol. The van der Waals surface area contributed by atoms with Crippen LogP contribution >= 0.6 is 0 Å². The topological polar surface area (TPSA) is 189 Å². The van der Waals surface area contributed by atoms with Gasteiger partial charge in [-0.1, -0.05) is 73.7 Å². The van der Waals surface area contributed by atoms with Crippen molar-refractivity contribution >= 4 is 17.5 Å². The van der Waals surface area contributed by atoms with Crippen LogP contribution in [0.2, 0.25) is 0 Å². The highest BCUT2D eigenvalue weighted by Crippen LogP contribution is 2.59. The minimum absolute atomic E-state index is 0.127. The Bertz CT molecular complexity index is 1500. The lowest BCUT2D eigenvalue weighted by atomic mass is 9.48. The molecular weight excluding hydrogens is 576 g/mol. The third-order valence-electron chi connectivity index (χ3n) is 8.36. The van der Waals surface area contributed by atoms with Crippen molar-refractivity contribution in [3.05, 3.63) is 96.6 Å². The lowest BCUT2D eigenvalue weighted by molar-refractivity contribution is -0.454. The first-order chi connectivity index (χ1) is 20.9. The fourth-order valence-corrected chi connectivity index (χ4v) is 5.80. The molecule has 0 aromatic heterocycles. The van der Waals surface area contributed by atoms with Gasteiger partial charge in [-0.3, -0.25) is 9.59 Å². The zero-order valence-electron chi connectivity index (χ0n) is 23.6. The summed E-state index contributed by atoms with van der Waals surface area (Å²) in [5, 5.41) is 58.8. The quantitative estimate of drug-likeness (QED) is 0.188. The Morgan fingerprint density at radius 1 is 0.727 bits per heavy atom. The molecule has 5 rings (SSSR count). The number of benzene rings is 3. The molecule has 1 aliphatic heterocycles. The molecule has 1 saturated heterocycles. The van der Waals surface area contributed by atoms with Crippen LogP contribution in [0.4, 0.5) is 0 Å². The fourth-order valence-electron chi connectivity index (χ4n) is 5.80. The number of esters is 1. The summed E-state index contributed by atoms with van der Waals surface area (Å²) in [4.78, 5) is 41.5. The second-order valence-corrected chi connectivity index (χ2v) is 10.8. The Morgan fingerprint density at radius 3 is 1.68 bits per heavy atom. The smallest absolute Gasteiger partial charge is 0.370 e. The number of carbonyl (C=O) groups is 3. The number of hydrogen-bond donors (Lipinski definition) is 5. The number of Topliss-reactive ketones (excluding diaryl/α,β-unsaturated/α-hetero) is 2. The number of rotatable bonds is 11. The van der Waals surface area contributed by atoms with Gasteiger partial charge in [-0.15, -0.1) is 0 Å². The minimum atomic E-state index is -3.95. The number of hydrogen-bond acceptors (Lipinski definition) is 12. The van der Waals surface area contributed by atoms with Crippen LogP contribution in [0.3, 0.4) is 0 Å². The summed E-state index contributed by atoms with van der Waals surface area (Å²) in [6, 6.07) is 23.8. The van der Waals surface area contributed by atoms with Crippen LogP contribution in [-0.4, -0.2) is 91.1 Å². The van der Waals surface area contributed by atoms with E-state index in [-0.39, 0.29) is 11.5 Å². The summed E-state index contributed by atoms with van der Waals surface area (Å²) in [7, 11) is 0. The van der Waals surface area contributed by atoms with Crippen molar-refractivity contribution in [2.45, 2.75) is 48.3 Å². The van der Waals surface area contributed by atoms with E-state index in [0.717, 1.165) is 0 Å². The highest BCUT2D eigenvalue weighted by atomic mass is 16.7. The molecule has 12 nitrogen and oxygen atoms in total. The Morgan fingerprint density at radius 2 is 1.18 bits per heavy atom. The van der Waals surface area contributed by atoms with Gasteiger partial charge in [0.25, 0.3) is 0 Å². The summed E-state index contributed by atoms with van der Waals surface area (Å²) < 4.78 is 21.5. The Hall–Kier alpha value is -4.17. The maximum atomic E-state index is 13.9. The predicted octanol–water partition coefficient (Wildman–Crippen LogP) is 0.317. The number of carbonyl (C=O) groups excluding carboxylic acids is 3. The maximum absolute atomic E-state index is 13.9. The molecule has 44 heavy (non-hydrogen) atoms. The second-order valence-electron chi connectivity index (χ2n) is 10.8. The summed E-state index contributed by atoms with van der Waals surface area (Å²) in [6.45, 7) is -1.40. The third kappa shape index (κ3) is 4.67. The van der Waals surface area contributed by atoms with Gasteiger partial charge in [-0.05, 0) is 29.8 Å². The van der Waals surface area contributed by atoms with Gasteiger partial charge in [-0.25, -0.2) is 4.79 Å². The molecule has 3 aromatic rings. The molecule has 5 N–H and O–H groups in total. The standard InChI is InChI=1S/C32H32O12/c1-20-26(35)27-29(20,37)30(38,24(33)18-41-22-13-7-3-8-14-22)31(39,25(34)19-42-23-15-9-4-10-16-23)32(40,44-27)28(36)43-17-21-11-5-2-6-12-21/h2-16,20,26-27,35,37-40H,17-19H2,1H3/t20?,26?,27-,29-,30+,31-,32-/m1/s1. The number of fused-ring (bicyclic) bond motifs is 1. The first kappa shape index (κ1) is 31.3. The van der Waals surface area contributed by atoms with Crippen LogP contribution in [0.15, 0.2) is 91.0 Å². The van der Waals surface area contributed by atoms with E-state index in [2.05, 4.69) is 0 Å². The summed E-state index contributed by atoms with van der Waals surface area (Å²) >= 11 is 0. The lowest BCUT2D eigenvalue weighted by Gasteiger charge is -2.68. The Balaban J connectivity index is 1.59. The summed E-state index contributed by atoms with van der Waals surface area (Å²) in [6.07, 6.45) is -3.68. The number of ketones is 2. The molecule has 0 bridgehead atoms. The molecule has 1 heterocycles. The minimum Gasteiger partial charge on any atom is -0.486 e. The molecule has 7 atom stereocenters. The van der Waals surface area contributed by atoms with Gasteiger partial charge in [-0.2, -0.15) is 0 Å². The molecule has 2 unspecified atom stereocenters. The number of para-hydroxylation sites is 2. The Labute approximate surface area is 252 Å². The third-order valence-corrected chi connectivity index (χ3v) is 8.36. The largest absolute Gasteiger partial charge is 0.486 e. The second kappa shape index (κ2) is 11.7. The Kier molecular flexibility index (Phi) is 8.33. The summed E-state index contributed by atoms with van der Waals surface area (Å²) in [5.74, 6) is -9.84. The van der Waals surface area contributed by atoms with Gasteiger partial charge in [0.05, 0.1) is 6.10 Å². The van der Waals surface area contributed by atoms with E-state index in [1.807, 2.05) is 0 Å². The van der Waals surface area contributed by atoms with E-state index in [1.54, 1.807) is 66.7 Å². The number of ether oxygens (including phenoxy) is 4. The zero-order valence-corrected chi connectivity index (χ0v) is 23.6. The van der Waals surface area contributed by atoms with Gasteiger partial charge in [0.2, 0.25) is 22.8 Å². The normalized spacial score (nSPS) is 32.5. The van der Waals surface area contributed by atoms with Crippen molar-refractivity contribution in [2.75, 3.05) is 13.2 Å². The number of aliphatic hydroxyl groups is 5. The van der Waals surface area contributed by atoms with E-state index in [4.69, 9.17) is 18.9 Å². The van der Waals surface area contributed by atoms with Gasteiger partial charge in [0.15, 0.2) is 0 Å². The van der Waals surface area contributed by atoms with E-state index in [0.29, 0.717) is 5.56 Å². The van der Waals surface area contributed by atoms with Gasteiger partial charge >= 0.3 is 11.8 Å². The number of aliphatic hydroxyl groups excluding tert-OH is 1. The van der Waals surface area contributed by atoms with Crippen LogP contribution in [0.1, 0.15) is 12.5 Å². The molecule has 12 heteroatoms. The van der Waals surface area contributed by atoms with E-state index in [1.165, 1.54) is 31.2 Å². The lowest BCUT2D eigenvalue weighted by Crippen LogP contribution is -2.96. The molecule has 0 amide bonds. The molecular formula is C32H32O12. The summed E-state index contributed by atoms with van der Waals surface area (Å²) in [5.41, 5.74) is -10.1. The van der Waals surface area contributed by atoms with Crippen LogP contribution in [0, 0.1) is 5.92 Å². The van der Waals surface area contributed by atoms with Crippen molar-refractivity contribution in [1.29, 1.82) is 0 Å². The van der Waals surface area contributed by atoms with Gasteiger partial charge in [0, 0.05) is 5.92 Å². The van der Waals surface area contributed by atoms with Crippen LogP contribution in [0.5, 0.6) is 11.5 Å². The van der Waals surface area contributed by atoms with Gasteiger partial charge < -0.3 is 44.5 Å². The monoisotopic (exact) mass is 608 g/mol. The van der Waals surface area contributed by atoms with Crippen molar-refractivity contribution in [2.24, 2.45) is 5.92 Å². The van der Waals surface area contributed by atoms with Crippen molar-refractivity contribution in [3.8, 4) is 11.5 Å². The highest BCUT2D eigenvalue weighted by Gasteiger charge is 2.90. The molecule has 2 aliphatic rings. The maximum Gasteiger partial charge on any atom is 0.370 e. The molecule has 2 fully saturated rings. The van der Waals surface area contributed by atoms with Crippen molar-refractivity contribution < 1.29 is 58.9 Å². The van der Waals surface area contributed by atoms with Crippen LogP contribution < -0.4 is 9.47 Å². The van der Waals surface area contributed by atoms with E-state index < -0.39 is 78.1 Å². The molecule has 0 spiro atoms. The fraction of sp³-hybridized carbons (Fsp3) is 0.344. The molecule has 232 valence electrons. The predicted molar refractivity (Wildman–Crippen MR) is 150 cm³/mol. The SMILES string of the molecule is CC1C(O)[C@H]2O[C@](O)(C(=O)OCc3ccccc3)[C@@](O)(C(=O)COc3ccccc3)[C@](O)(C(=O)COc3ccccc3)[C@@]12O. The zero-order chi connectivity index (χ0) is 31.8. The van der Waals surface area contributed by atoms with Crippen molar-refractivity contribution in [1.82, 2.24) is 0 Å². The van der Waals surface area contributed by atoms with Crippen molar-refractivity contribution in [3.63, 3.8) is 0 Å². The van der Waals surface area contributed by atoms with Crippen LogP contribution in [-0.2, 0) is 30.5 Å². The van der Waals surface area contributed by atoms with Gasteiger partial charge in [0.1, 0.15) is 43.0 Å². The first-order valence-corrected chi connectivity index (χ1v) is 13.8. The molecule has 3 aromatic carbocycles. The van der Waals surface area contributed by atoms with E-state index in [9.17, 15) is 39.9 Å². The highest BCUT2D eigenvalue weighted by molar-refractivity contribution is 6.06. The first-order valence-electron chi connectivity index (χ1n) is 13.8.